The molecule has 0 radical (unpaired) electrons. The molecule has 7 nitrogen and oxygen atoms in total. The van der Waals surface area contributed by atoms with Crippen molar-refractivity contribution in [1.82, 2.24) is 10.2 Å². The van der Waals surface area contributed by atoms with Crippen LogP contribution in [0.3, 0.4) is 0 Å². The first-order chi connectivity index (χ1) is 24.3. The van der Waals surface area contributed by atoms with Crippen LogP contribution in [0.15, 0.2) is 128 Å². The van der Waals surface area contributed by atoms with Crippen molar-refractivity contribution in [1.29, 1.82) is 0 Å². The second kappa shape index (κ2) is 16.3. The normalized spacial score (nSPS) is 19.6. The van der Waals surface area contributed by atoms with Gasteiger partial charge in [0, 0.05) is 30.6 Å². The fourth-order valence-corrected chi connectivity index (χ4v) is 6.62. The molecule has 1 aliphatic heterocycles. The number of aliphatic hydroxyl groups excluding tert-OH is 1. The molecule has 2 N–H and O–H groups in total. The number of aliphatic hydroxyl groups is 1. The highest BCUT2D eigenvalue weighted by Gasteiger charge is 2.39. The van der Waals surface area contributed by atoms with Crippen LogP contribution >= 0.6 is 0 Å². The number of carbonyl (C=O) groups excluding carboxylic acids is 1. The van der Waals surface area contributed by atoms with Crippen LogP contribution in [0.25, 0.3) is 21.9 Å². The van der Waals surface area contributed by atoms with Gasteiger partial charge in [0.1, 0.15) is 6.61 Å². The van der Waals surface area contributed by atoms with E-state index in [0.717, 1.165) is 33.4 Å². The summed E-state index contributed by atoms with van der Waals surface area (Å²) in [4.78, 5) is 14.4. The lowest BCUT2D eigenvalue weighted by atomic mass is 9.89. The monoisotopic (exact) mass is 670 g/mol. The minimum absolute atomic E-state index is 0.00187. The Bertz CT molecular complexity index is 1890. The van der Waals surface area contributed by atoms with Crippen molar-refractivity contribution in [2.45, 2.75) is 51.5 Å². The number of hydrogen-bond donors (Lipinski definition) is 2. The van der Waals surface area contributed by atoms with Gasteiger partial charge in [-0.2, -0.15) is 0 Å². The Labute approximate surface area is 295 Å². The molecule has 1 saturated heterocycles. The molecule has 5 atom stereocenters. The van der Waals surface area contributed by atoms with Gasteiger partial charge >= 0.3 is 6.09 Å². The second-order valence-corrected chi connectivity index (χ2v) is 13.1. The quantitative estimate of drug-likeness (QED) is 0.129. The molecule has 1 heterocycles. The molecular weight excluding hydrogens is 624 g/mol. The van der Waals surface area contributed by atoms with E-state index in [0.29, 0.717) is 13.1 Å². The summed E-state index contributed by atoms with van der Waals surface area (Å²) in [5, 5.41) is 14.9. The topological polar surface area (TPSA) is 80.3 Å². The summed E-state index contributed by atoms with van der Waals surface area (Å²) >= 11 is 0. The van der Waals surface area contributed by atoms with Crippen molar-refractivity contribution >= 4 is 16.9 Å². The first kappa shape index (κ1) is 35.1. The molecule has 0 unspecified atom stereocenters. The summed E-state index contributed by atoms with van der Waals surface area (Å²) < 4.78 is 18.6. The predicted octanol–water partition coefficient (Wildman–Crippen LogP) is 8.90. The Morgan fingerprint density at radius 2 is 1.62 bits per heavy atom. The van der Waals surface area contributed by atoms with Crippen molar-refractivity contribution in [3.05, 3.63) is 156 Å². The molecule has 5 aromatic rings. The van der Waals surface area contributed by atoms with E-state index in [2.05, 4.69) is 117 Å². The third-order valence-electron chi connectivity index (χ3n) is 9.78. The first-order valence-electron chi connectivity index (χ1n) is 17.2. The number of nitrogens with one attached hydrogen (secondary N) is 1. The van der Waals surface area contributed by atoms with Crippen LogP contribution in [0.1, 0.15) is 60.1 Å². The Kier molecular flexibility index (Phi) is 11.4. The number of ether oxygens (including phenoxy) is 3. The van der Waals surface area contributed by atoms with Gasteiger partial charge in [0.2, 0.25) is 0 Å². The van der Waals surface area contributed by atoms with Crippen molar-refractivity contribution in [3.8, 4) is 11.1 Å². The van der Waals surface area contributed by atoms with Crippen LogP contribution in [-0.4, -0.2) is 42.4 Å². The van der Waals surface area contributed by atoms with E-state index in [4.69, 9.17) is 14.2 Å². The number of rotatable bonds is 12. The summed E-state index contributed by atoms with van der Waals surface area (Å²) in [6.07, 6.45) is 0.161. The van der Waals surface area contributed by atoms with Crippen molar-refractivity contribution in [3.63, 3.8) is 0 Å². The van der Waals surface area contributed by atoms with Crippen molar-refractivity contribution < 1.29 is 24.1 Å². The lowest BCUT2D eigenvalue weighted by molar-refractivity contribution is -0.276. The van der Waals surface area contributed by atoms with Gasteiger partial charge in [-0.15, -0.1) is 0 Å². The minimum Gasteiger partial charge on any atom is -0.445 e. The zero-order valence-electron chi connectivity index (χ0n) is 29.0. The van der Waals surface area contributed by atoms with E-state index in [1.807, 2.05) is 36.4 Å². The van der Waals surface area contributed by atoms with Gasteiger partial charge in [-0.3, -0.25) is 4.90 Å². The minimum atomic E-state index is -0.575. The summed E-state index contributed by atoms with van der Waals surface area (Å²) in [5.74, 6) is 0.0642. The zero-order valence-corrected chi connectivity index (χ0v) is 29.0. The summed E-state index contributed by atoms with van der Waals surface area (Å²) in [7, 11) is 2.16. The van der Waals surface area contributed by atoms with Gasteiger partial charge in [-0.1, -0.05) is 129 Å². The summed E-state index contributed by atoms with van der Waals surface area (Å²) in [6, 6.07) is 39.6. The molecule has 50 heavy (non-hydrogen) atoms. The number of likely N-dealkylation sites (N-methyl/N-ethyl adjacent to an activating group) is 1. The van der Waals surface area contributed by atoms with Gasteiger partial charge in [0.15, 0.2) is 6.29 Å². The molecule has 0 aliphatic carbocycles. The smallest absolute Gasteiger partial charge is 0.407 e. The number of hydrogen-bond acceptors (Lipinski definition) is 6. The number of carbonyl (C=O) groups is 1. The number of nitrogens with zero attached hydrogens (tertiary/aromatic N) is 1. The SMILES string of the molecule is C=CCOC(=O)NCc1ccccc1-c1ccc([C@@H]2O[C@H](CN(C)[C@H](C)c3ccc4ccccc4c3)[C@H](C)[C@H](c3ccc(CO)cc3)O2)cc1. The number of alkyl carbamates (subject to hydrolysis) is 1. The van der Waals surface area contributed by atoms with Gasteiger partial charge < -0.3 is 24.6 Å². The van der Waals surface area contributed by atoms with E-state index in [1.54, 1.807) is 0 Å². The van der Waals surface area contributed by atoms with E-state index in [-0.39, 0.29) is 37.4 Å². The molecule has 0 bridgehead atoms. The number of amides is 1. The third kappa shape index (κ3) is 8.15. The summed E-state index contributed by atoms with van der Waals surface area (Å²) in [5.41, 5.74) is 7.13. The van der Waals surface area contributed by atoms with Gasteiger partial charge in [-0.25, -0.2) is 4.79 Å². The van der Waals surface area contributed by atoms with Crippen LogP contribution < -0.4 is 5.32 Å². The van der Waals surface area contributed by atoms with Crippen LogP contribution in [0.5, 0.6) is 0 Å². The second-order valence-electron chi connectivity index (χ2n) is 13.1. The average Bonchev–Trinajstić information content (AvgIpc) is 3.16. The molecule has 0 aromatic heterocycles. The molecule has 6 rings (SSSR count). The maximum Gasteiger partial charge on any atom is 0.407 e. The maximum atomic E-state index is 12.1. The molecule has 1 amide bonds. The molecule has 5 aromatic carbocycles. The highest BCUT2D eigenvalue weighted by molar-refractivity contribution is 5.83. The largest absolute Gasteiger partial charge is 0.445 e. The average molecular weight is 671 g/mol. The first-order valence-corrected chi connectivity index (χ1v) is 17.2. The van der Waals surface area contributed by atoms with Crippen LogP contribution in [0.4, 0.5) is 4.79 Å². The van der Waals surface area contributed by atoms with Crippen LogP contribution in [0.2, 0.25) is 0 Å². The van der Waals surface area contributed by atoms with Crippen LogP contribution in [-0.2, 0) is 27.4 Å². The predicted molar refractivity (Wildman–Crippen MR) is 198 cm³/mol. The molecule has 7 heteroatoms. The zero-order chi connectivity index (χ0) is 35.0. The van der Waals surface area contributed by atoms with E-state index >= 15 is 0 Å². The summed E-state index contributed by atoms with van der Waals surface area (Å²) in [6.45, 7) is 9.24. The van der Waals surface area contributed by atoms with Crippen LogP contribution in [0, 0.1) is 5.92 Å². The van der Waals surface area contributed by atoms with Crippen molar-refractivity contribution in [2.75, 3.05) is 20.2 Å². The molecule has 0 saturated carbocycles. The van der Waals surface area contributed by atoms with E-state index in [9.17, 15) is 9.90 Å². The Balaban J connectivity index is 1.23. The Morgan fingerprint density at radius 3 is 2.36 bits per heavy atom. The van der Waals surface area contributed by atoms with Gasteiger partial charge in [0.05, 0.1) is 18.8 Å². The highest BCUT2D eigenvalue weighted by atomic mass is 16.7. The molecule has 258 valence electrons. The third-order valence-corrected chi connectivity index (χ3v) is 9.78. The Hall–Kier alpha value is -4.79. The highest BCUT2D eigenvalue weighted by Crippen LogP contribution is 2.42. The fraction of sp³-hybridized carbons (Fsp3) is 0.279. The van der Waals surface area contributed by atoms with Gasteiger partial charge in [0.25, 0.3) is 0 Å². The number of benzene rings is 5. The molecule has 1 fully saturated rings. The lowest BCUT2D eigenvalue weighted by Crippen LogP contribution is -2.44. The maximum absolute atomic E-state index is 12.1. The van der Waals surface area contributed by atoms with E-state index in [1.165, 1.54) is 22.4 Å². The molecule has 0 spiro atoms. The molecular formula is C43H46N2O5. The van der Waals surface area contributed by atoms with E-state index < -0.39 is 12.4 Å². The fourth-order valence-electron chi connectivity index (χ4n) is 6.62. The van der Waals surface area contributed by atoms with Crippen molar-refractivity contribution in [2.24, 2.45) is 5.92 Å². The lowest BCUT2D eigenvalue weighted by Gasteiger charge is -2.43. The molecule has 1 aliphatic rings. The number of fused-ring (bicyclic) bond motifs is 1. The standard InChI is InChI=1S/C43H46N2O5/c1-5-24-48-43(47)44-26-38-12-8-9-13-39(38)33-19-21-35(22-20-33)42-49-40(29(2)41(50-42)34-16-14-31(28-46)15-17-34)27-45(4)30(3)36-23-18-32-10-6-7-11-37(32)25-36/h5-23,25,29-30,40-42,46H,1,24,26-28H2,2-4H3,(H,44,47)/t29-,30+,40+,41+,42+/m0/s1. The Morgan fingerprint density at radius 1 is 0.920 bits per heavy atom. The van der Waals surface area contributed by atoms with Gasteiger partial charge in [-0.05, 0) is 64.2 Å².